The van der Waals surface area contributed by atoms with E-state index >= 15 is 0 Å². The quantitative estimate of drug-likeness (QED) is 0.843. The zero-order chi connectivity index (χ0) is 13.7. The third-order valence-electron chi connectivity index (χ3n) is 3.44. The summed E-state index contributed by atoms with van der Waals surface area (Å²) in [6, 6.07) is 9.32. The molecule has 102 valence electrons. The van der Waals surface area contributed by atoms with Gasteiger partial charge in [0.05, 0.1) is 6.42 Å². The van der Waals surface area contributed by atoms with Crippen LogP contribution in [0.25, 0.3) is 0 Å². The first-order valence-electron chi connectivity index (χ1n) is 6.55. The van der Waals surface area contributed by atoms with Crippen molar-refractivity contribution in [3.8, 4) is 0 Å². The van der Waals surface area contributed by atoms with Gasteiger partial charge in [-0.05, 0) is 24.8 Å². The van der Waals surface area contributed by atoms with E-state index in [-0.39, 0.29) is 18.8 Å². The number of ether oxygens (including phenoxy) is 1. The van der Waals surface area contributed by atoms with Crippen LogP contribution in [-0.4, -0.2) is 22.5 Å². The largest absolute Gasteiger partial charge is 0.461 e. The Morgan fingerprint density at radius 3 is 2.68 bits per heavy atom. The fraction of sp³-hybridized carbons (Fsp3) is 0.467. The summed E-state index contributed by atoms with van der Waals surface area (Å²) < 4.78 is 5.09. The van der Waals surface area contributed by atoms with Gasteiger partial charge in [-0.25, -0.2) is 0 Å². The molecule has 1 saturated carbocycles. The van der Waals surface area contributed by atoms with Gasteiger partial charge in [0.2, 0.25) is 0 Å². The number of ketones is 1. The van der Waals surface area contributed by atoms with Gasteiger partial charge in [0, 0.05) is 6.42 Å². The van der Waals surface area contributed by atoms with Crippen LogP contribution in [0.5, 0.6) is 0 Å². The minimum absolute atomic E-state index is 0.171. The number of benzene rings is 1. The number of hydrogen-bond donors (Lipinski definition) is 1. The highest BCUT2D eigenvalue weighted by molar-refractivity contribution is 5.91. The lowest BCUT2D eigenvalue weighted by Crippen LogP contribution is -2.43. The Labute approximate surface area is 112 Å². The Morgan fingerprint density at radius 2 is 2.00 bits per heavy atom. The molecular formula is C15H18O4. The lowest BCUT2D eigenvalue weighted by atomic mass is 9.81. The van der Waals surface area contributed by atoms with Gasteiger partial charge in [-0.1, -0.05) is 30.3 Å². The molecule has 2 rings (SSSR count). The molecule has 0 bridgehead atoms. The van der Waals surface area contributed by atoms with Gasteiger partial charge < -0.3 is 9.84 Å². The third kappa shape index (κ3) is 3.64. The molecule has 4 nitrogen and oxygen atoms in total. The summed E-state index contributed by atoms with van der Waals surface area (Å²) in [6.07, 6.45) is 2.03. The molecule has 4 heteroatoms. The summed E-state index contributed by atoms with van der Waals surface area (Å²) in [5, 5.41) is 10.2. The zero-order valence-electron chi connectivity index (χ0n) is 10.8. The first kappa shape index (κ1) is 13.7. The average molecular weight is 262 g/mol. The van der Waals surface area contributed by atoms with Crippen LogP contribution in [0.1, 0.15) is 37.7 Å². The lowest BCUT2D eigenvalue weighted by molar-refractivity contribution is -0.158. The van der Waals surface area contributed by atoms with Gasteiger partial charge in [0.25, 0.3) is 0 Å². The molecule has 0 aromatic heterocycles. The molecule has 0 spiro atoms. The normalized spacial score (nSPS) is 23.1. The van der Waals surface area contributed by atoms with E-state index in [1.54, 1.807) is 0 Å². The number of Topliss-reactive ketones (excluding diaryl/α,β-unsaturated/α-hetero) is 1. The Morgan fingerprint density at radius 1 is 1.26 bits per heavy atom. The van der Waals surface area contributed by atoms with E-state index in [1.807, 2.05) is 30.3 Å². The third-order valence-corrected chi connectivity index (χ3v) is 3.44. The SMILES string of the molecule is O=C(CC1(O)CCCCC1=O)OCc1ccccc1. The summed E-state index contributed by atoms with van der Waals surface area (Å²) >= 11 is 0. The second-order valence-electron chi connectivity index (χ2n) is 4.98. The molecule has 0 amide bonds. The highest BCUT2D eigenvalue weighted by Gasteiger charge is 2.39. The van der Waals surface area contributed by atoms with Crippen molar-refractivity contribution in [3.63, 3.8) is 0 Å². The van der Waals surface area contributed by atoms with Gasteiger partial charge in [-0.15, -0.1) is 0 Å². The minimum Gasteiger partial charge on any atom is -0.461 e. The van der Waals surface area contributed by atoms with Crippen molar-refractivity contribution in [2.45, 2.75) is 44.3 Å². The van der Waals surface area contributed by atoms with Crippen LogP contribution in [0, 0.1) is 0 Å². The summed E-state index contributed by atoms with van der Waals surface area (Å²) in [6.45, 7) is 0.171. The average Bonchev–Trinajstić information content (AvgIpc) is 2.41. The number of carbonyl (C=O) groups excluding carboxylic acids is 2. The number of esters is 1. The van der Waals surface area contributed by atoms with Crippen molar-refractivity contribution in [3.05, 3.63) is 35.9 Å². The van der Waals surface area contributed by atoms with Crippen molar-refractivity contribution in [1.29, 1.82) is 0 Å². The summed E-state index contributed by atoms with van der Waals surface area (Å²) in [5.74, 6) is -0.767. The van der Waals surface area contributed by atoms with Gasteiger partial charge in [0.15, 0.2) is 5.78 Å². The van der Waals surface area contributed by atoms with Crippen molar-refractivity contribution in [2.24, 2.45) is 0 Å². The van der Waals surface area contributed by atoms with Crippen molar-refractivity contribution in [2.75, 3.05) is 0 Å². The molecule has 1 atom stereocenters. The van der Waals surface area contributed by atoms with Gasteiger partial charge in [-0.2, -0.15) is 0 Å². The first-order chi connectivity index (χ1) is 9.10. The van der Waals surface area contributed by atoms with Crippen LogP contribution >= 0.6 is 0 Å². The fourth-order valence-electron chi connectivity index (χ4n) is 2.29. The highest BCUT2D eigenvalue weighted by atomic mass is 16.5. The standard InChI is InChI=1S/C15H18O4/c16-13-8-4-5-9-15(13,18)10-14(17)19-11-12-6-2-1-3-7-12/h1-3,6-7,18H,4-5,8-11H2. The molecule has 19 heavy (non-hydrogen) atoms. The zero-order valence-corrected chi connectivity index (χ0v) is 10.8. The van der Waals surface area contributed by atoms with E-state index in [1.165, 1.54) is 0 Å². The summed E-state index contributed by atoms with van der Waals surface area (Å²) in [4.78, 5) is 23.4. The van der Waals surface area contributed by atoms with Crippen molar-refractivity contribution < 1.29 is 19.4 Å². The fourth-order valence-corrected chi connectivity index (χ4v) is 2.29. The van der Waals surface area contributed by atoms with Gasteiger partial charge >= 0.3 is 5.97 Å². The number of aliphatic hydroxyl groups is 1. The van der Waals surface area contributed by atoms with Crippen LogP contribution in [0.2, 0.25) is 0 Å². The predicted molar refractivity (Wildman–Crippen MR) is 69.3 cm³/mol. The molecule has 1 N–H and O–H groups in total. The topological polar surface area (TPSA) is 63.6 Å². The smallest absolute Gasteiger partial charge is 0.309 e. The second-order valence-corrected chi connectivity index (χ2v) is 4.98. The first-order valence-corrected chi connectivity index (χ1v) is 6.55. The summed E-state index contributed by atoms with van der Waals surface area (Å²) in [7, 11) is 0. The molecule has 1 aromatic carbocycles. The van der Waals surface area contributed by atoms with E-state index in [9.17, 15) is 14.7 Å². The molecule has 1 unspecified atom stereocenters. The van der Waals surface area contributed by atoms with E-state index < -0.39 is 11.6 Å². The van der Waals surface area contributed by atoms with Crippen LogP contribution in [0.15, 0.2) is 30.3 Å². The minimum atomic E-state index is -1.51. The van der Waals surface area contributed by atoms with E-state index in [0.29, 0.717) is 12.8 Å². The Hall–Kier alpha value is -1.68. The number of rotatable bonds is 4. The molecule has 1 aliphatic rings. The molecule has 0 heterocycles. The van der Waals surface area contributed by atoms with Crippen LogP contribution < -0.4 is 0 Å². The maximum Gasteiger partial charge on any atom is 0.309 e. The maximum absolute atomic E-state index is 11.7. The van der Waals surface area contributed by atoms with Crippen LogP contribution in [0.3, 0.4) is 0 Å². The van der Waals surface area contributed by atoms with Crippen LogP contribution in [-0.2, 0) is 20.9 Å². The second kappa shape index (κ2) is 5.97. The number of carbonyl (C=O) groups is 2. The van der Waals surface area contributed by atoms with Gasteiger partial charge in [-0.3, -0.25) is 9.59 Å². The molecule has 0 radical (unpaired) electrons. The molecule has 0 saturated heterocycles. The molecular weight excluding hydrogens is 244 g/mol. The van der Waals surface area contributed by atoms with Crippen LogP contribution in [0.4, 0.5) is 0 Å². The highest BCUT2D eigenvalue weighted by Crippen LogP contribution is 2.28. The van der Waals surface area contributed by atoms with E-state index in [4.69, 9.17) is 4.74 Å². The van der Waals surface area contributed by atoms with Gasteiger partial charge in [0.1, 0.15) is 12.2 Å². The maximum atomic E-state index is 11.7. The number of hydrogen-bond acceptors (Lipinski definition) is 4. The Balaban J connectivity index is 1.85. The predicted octanol–water partition coefficient (Wildman–Crippen LogP) is 1.99. The van der Waals surface area contributed by atoms with Crippen molar-refractivity contribution >= 4 is 11.8 Å². The molecule has 1 fully saturated rings. The molecule has 0 aliphatic heterocycles. The summed E-state index contributed by atoms with van der Waals surface area (Å²) in [5.41, 5.74) is -0.621. The van der Waals surface area contributed by atoms with E-state index in [0.717, 1.165) is 18.4 Å². The Bertz CT molecular complexity index is 454. The van der Waals surface area contributed by atoms with Crippen molar-refractivity contribution in [1.82, 2.24) is 0 Å². The van der Waals surface area contributed by atoms with E-state index in [2.05, 4.69) is 0 Å². The molecule has 1 aliphatic carbocycles. The lowest BCUT2D eigenvalue weighted by Gasteiger charge is -2.29. The Kier molecular flexibility index (Phi) is 4.32. The monoisotopic (exact) mass is 262 g/mol. The molecule has 1 aromatic rings.